The number of alkyl halides is 3. The zero-order valence-corrected chi connectivity index (χ0v) is 17.2. The van der Waals surface area contributed by atoms with E-state index in [2.05, 4.69) is 4.90 Å². The molecule has 2 heterocycles. The number of rotatable bonds is 4. The molecule has 2 aliphatic heterocycles. The fraction of sp³-hybridized carbons (Fsp3) is 0.458. The van der Waals surface area contributed by atoms with Gasteiger partial charge in [-0.3, -0.25) is 4.79 Å². The first-order valence-electron chi connectivity index (χ1n) is 10.6. The maximum absolute atomic E-state index is 12.8. The highest BCUT2D eigenvalue weighted by Gasteiger charge is 2.38. The van der Waals surface area contributed by atoms with Gasteiger partial charge in [0, 0.05) is 13.6 Å². The van der Waals surface area contributed by atoms with E-state index in [9.17, 15) is 18.0 Å². The van der Waals surface area contributed by atoms with Gasteiger partial charge >= 0.3 is 6.18 Å². The van der Waals surface area contributed by atoms with E-state index in [0.29, 0.717) is 0 Å². The summed E-state index contributed by atoms with van der Waals surface area (Å²) in [6, 6.07) is 13.1. The molecule has 2 fully saturated rings. The van der Waals surface area contributed by atoms with Crippen molar-refractivity contribution >= 4 is 5.91 Å². The number of carbonyl (C=O) groups is 1. The topological polar surface area (TPSA) is 23.6 Å². The van der Waals surface area contributed by atoms with Crippen molar-refractivity contribution in [2.75, 3.05) is 26.7 Å². The largest absolute Gasteiger partial charge is 0.416 e. The summed E-state index contributed by atoms with van der Waals surface area (Å²) in [6.07, 6.45) is 0.193. The average molecular weight is 416 g/mol. The first-order chi connectivity index (χ1) is 14.3. The van der Waals surface area contributed by atoms with Crippen LogP contribution in [0.4, 0.5) is 13.2 Å². The summed E-state index contributed by atoms with van der Waals surface area (Å²) < 4.78 is 38.3. The monoisotopic (exact) mass is 416 g/mol. The molecule has 2 saturated heterocycles. The normalized spacial score (nSPS) is 23.2. The van der Waals surface area contributed by atoms with E-state index in [-0.39, 0.29) is 17.9 Å². The molecule has 3 nitrogen and oxygen atoms in total. The van der Waals surface area contributed by atoms with E-state index >= 15 is 0 Å². The zero-order chi connectivity index (χ0) is 21.3. The number of hydrogen-bond donors (Lipinski definition) is 0. The lowest BCUT2D eigenvalue weighted by Gasteiger charge is -2.28. The zero-order valence-electron chi connectivity index (χ0n) is 17.2. The average Bonchev–Trinajstić information content (AvgIpc) is 3.03. The van der Waals surface area contributed by atoms with Crippen LogP contribution in [0.25, 0.3) is 11.1 Å². The molecule has 0 radical (unpaired) electrons. The smallest absolute Gasteiger partial charge is 0.338 e. The van der Waals surface area contributed by atoms with Crippen LogP contribution in [-0.4, -0.2) is 42.4 Å². The second kappa shape index (κ2) is 8.42. The standard InChI is InChI=1S/C24H27F3N2O/c1-28-22(15-20(23(28)30)16-29-13-3-2-4-14-29)19-7-5-17(6-8-19)18-9-11-21(12-10-18)24(25,26)27/h5-12,20,22H,2-4,13-16H2,1H3/t20-,22+/m1/s1. The van der Waals surface area contributed by atoms with Crippen molar-refractivity contribution in [2.45, 2.75) is 37.9 Å². The molecule has 6 heteroatoms. The van der Waals surface area contributed by atoms with Gasteiger partial charge in [-0.1, -0.05) is 42.8 Å². The molecule has 30 heavy (non-hydrogen) atoms. The SMILES string of the molecule is CN1C(=O)[C@@H](CN2CCCCC2)C[C@H]1c1ccc(-c2ccc(C(F)(F)F)cc2)cc1. The first kappa shape index (κ1) is 20.9. The molecule has 4 rings (SSSR count). The predicted octanol–water partition coefficient (Wildman–Crippen LogP) is 5.38. The van der Waals surface area contributed by atoms with Gasteiger partial charge in [0.15, 0.2) is 0 Å². The Morgan fingerprint density at radius 2 is 1.47 bits per heavy atom. The van der Waals surface area contributed by atoms with E-state index in [1.807, 2.05) is 36.2 Å². The van der Waals surface area contributed by atoms with Gasteiger partial charge in [0.1, 0.15) is 0 Å². The van der Waals surface area contributed by atoms with Crippen molar-refractivity contribution < 1.29 is 18.0 Å². The third-order valence-electron chi connectivity index (χ3n) is 6.44. The second-order valence-corrected chi connectivity index (χ2v) is 8.46. The highest BCUT2D eigenvalue weighted by atomic mass is 19.4. The summed E-state index contributed by atoms with van der Waals surface area (Å²) in [5.41, 5.74) is 2.04. The molecular formula is C24H27F3N2O. The van der Waals surface area contributed by atoms with Crippen LogP contribution in [0.15, 0.2) is 48.5 Å². The van der Waals surface area contributed by atoms with Crippen LogP contribution in [-0.2, 0) is 11.0 Å². The number of piperidine rings is 1. The van der Waals surface area contributed by atoms with Crippen LogP contribution in [0.5, 0.6) is 0 Å². The minimum atomic E-state index is -4.33. The Balaban J connectivity index is 1.45. The fourth-order valence-electron chi connectivity index (χ4n) is 4.69. The van der Waals surface area contributed by atoms with Gasteiger partial charge < -0.3 is 9.80 Å². The van der Waals surface area contributed by atoms with Gasteiger partial charge in [-0.25, -0.2) is 0 Å². The molecule has 0 bridgehead atoms. The van der Waals surface area contributed by atoms with E-state index in [1.165, 1.54) is 31.4 Å². The molecule has 0 aromatic heterocycles. The Morgan fingerprint density at radius 3 is 2.03 bits per heavy atom. The molecule has 2 aromatic carbocycles. The fourth-order valence-corrected chi connectivity index (χ4v) is 4.69. The maximum Gasteiger partial charge on any atom is 0.416 e. The summed E-state index contributed by atoms with van der Waals surface area (Å²) in [5.74, 6) is 0.241. The first-order valence-corrected chi connectivity index (χ1v) is 10.6. The summed E-state index contributed by atoms with van der Waals surface area (Å²) in [6.45, 7) is 3.00. The number of hydrogen-bond acceptors (Lipinski definition) is 2. The number of halogens is 3. The molecule has 2 aliphatic rings. The predicted molar refractivity (Wildman–Crippen MR) is 111 cm³/mol. The number of carbonyl (C=O) groups excluding carboxylic acids is 1. The Hall–Kier alpha value is -2.34. The molecule has 0 aliphatic carbocycles. The van der Waals surface area contributed by atoms with Crippen LogP contribution in [0.1, 0.15) is 42.9 Å². The summed E-state index contributed by atoms with van der Waals surface area (Å²) in [4.78, 5) is 17.0. The van der Waals surface area contributed by atoms with Crippen LogP contribution in [0.3, 0.4) is 0 Å². The lowest BCUT2D eigenvalue weighted by atomic mass is 9.96. The van der Waals surface area contributed by atoms with E-state index < -0.39 is 11.7 Å². The molecule has 0 unspecified atom stereocenters. The van der Waals surface area contributed by atoms with Gasteiger partial charge in [0.2, 0.25) is 5.91 Å². The lowest BCUT2D eigenvalue weighted by Crippen LogP contribution is -2.36. The maximum atomic E-state index is 12.8. The quantitative estimate of drug-likeness (QED) is 0.668. The lowest BCUT2D eigenvalue weighted by molar-refractivity contribution is -0.137. The van der Waals surface area contributed by atoms with Gasteiger partial charge in [-0.15, -0.1) is 0 Å². The minimum absolute atomic E-state index is 0.0349. The van der Waals surface area contributed by atoms with Crippen LogP contribution in [0.2, 0.25) is 0 Å². The van der Waals surface area contributed by atoms with E-state index in [4.69, 9.17) is 0 Å². The molecule has 160 valence electrons. The van der Waals surface area contributed by atoms with E-state index in [0.717, 1.165) is 54.9 Å². The summed E-state index contributed by atoms with van der Waals surface area (Å²) >= 11 is 0. The molecule has 0 spiro atoms. The van der Waals surface area contributed by atoms with Crippen LogP contribution in [0, 0.1) is 5.92 Å². The minimum Gasteiger partial charge on any atom is -0.338 e. The van der Waals surface area contributed by atoms with Crippen LogP contribution < -0.4 is 0 Å². The van der Waals surface area contributed by atoms with Crippen molar-refractivity contribution in [2.24, 2.45) is 5.92 Å². The van der Waals surface area contributed by atoms with Crippen molar-refractivity contribution in [3.63, 3.8) is 0 Å². The summed E-state index contributed by atoms with van der Waals surface area (Å²) in [5, 5.41) is 0. The number of nitrogens with zero attached hydrogens (tertiary/aromatic N) is 2. The Bertz CT molecular complexity index is 871. The molecule has 2 aromatic rings. The number of amides is 1. The Kier molecular flexibility index (Phi) is 5.87. The van der Waals surface area contributed by atoms with Crippen molar-refractivity contribution in [1.29, 1.82) is 0 Å². The Morgan fingerprint density at radius 1 is 0.900 bits per heavy atom. The molecule has 2 atom stereocenters. The second-order valence-electron chi connectivity index (χ2n) is 8.46. The van der Waals surface area contributed by atoms with Gasteiger partial charge in [0.25, 0.3) is 0 Å². The molecule has 1 amide bonds. The van der Waals surface area contributed by atoms with Crippen LogP contribution >= 0.6 is 0 Å². The summed E-state index contributed by atoms with van der Waals surface area (Å²) in [7, 11) is 1.87. The highest BCUT2D eigenvalue weighted by Crippen LogP contribution is 2.37. The molecular weight excluding hydrogens is 389 g/mol. The van der Waals surface area contributed by atoms with Gasteiger partial charge in [0.05, 0.1) is 17.5 Å². The van der Waals surface area contributed by atoms with Gasteiger partial charge in [-0.05, 0) is 61.2 Å². The number of likely N-dealkylation sites (tertiary alicyclic amines) is 2. The third-order valence-corrected chi connectivity index (χ3v) is 6.44. The molecule has 0 saturated carbocycles. The van der Waals surface area contributed by atoms with Crippen molar-refractivity contribution in [3.8, 4) is 11.1 Å². The Labute approximate surface area is 175 Å². The molecule has 0 N–H and O–H groups in total. The third kappa shape index (κ3) is 4.38. The van der Waals surface area contributed by atoms with Gasteiger partial charge in [-0.2, -0.15) is 13.2 Å². The van der Waals surface area contributed by atoms with Crippen molar-refractivity contribution in [1.82, 2.24) is 9.80 Å². The van der Waals surface area contributed by atoms with E-state index in [1.54, 1.807) is 0 Å². The highest BCUT2D eigenvalue weighted by molar-refractivity contribution is 5.81. The number of benzene rings is 2. The van der Waals surface area contributed by atoms with Crippen molar-refractivity contribution in [3.05, 3.63) is 59.7 Å².